The highest BCUT2D eigenvalue weighted by atomic mass is 32.2. The van der Waals surface area contributed by atoms with E-state index in [1.165, 1.54) is 10.4 Å². The quantitative estimate of drug-likeness (QED) is 0.799. The number of rotatable bonds is 6. The summed E-state index contributed by atoms with van der Waals surface area (Å²) < 4.78 is 26.1. The molecule has 0 saturated carbocycles. The van der Waals surface area contributed by atoms with Crippen molar-refractivity contribution in [3.05, 3.63) is 16.3 Å². The van der Waals surface area contributed by atoms with Crippen LogP contribution in [0.15, 0.2) is 16.3 Å². The summed E-state index contributed by atoms with van der Waals surface area (Å²) in [4.78, 5) is 0.411. The van der Waals surface area contributed by atoms with Gasteiger partial charge in [0.1, 0.15) is 15.8 Å². The Morgan fingerprint density at radius 2 is 1.94 bits per heavy atom. The second kappa shape index (κ2) is 6.15. The van der Waals surface area contributed by atoms with Crippen LogP contribution in [0.2, 0.25) is 0 Å². The second-order valence-corrected chi connectivity index (χ2v) is 6.45. The molecule has 0 saturated heterocycles. The third-order valence-corrected chi connectivity index (χ3v) is 5.18. The molecule has 6 heteroatoms. The van der Waals surface area contributed by atoms with Crippen LogP contribution in [0.25, 0.3) is 0 Å². The van der Waals surface area contributed by atoms with Gasteiger partial charge in [-0.3, -0.25) is 0 Å². The molecule has 1 heterocycles. The number of thiophene rings is 1. The molecule has 0 aromatic carbocycles. The van der Waals surface area contributed by atoms with Gasteiger partial charge in [-0.2, -0.15) is 9.57 Å². The molecular formula is C11H16N2O2S2. The Morgan fingerprint density at radius 3 is 2.41 bits per heavy atom. The van der Waals surface area contributed by atoms with Gasteiger partial charge in [-0.15, -0.1) is 11.3 Å². The molecule has 0 unspecified atom stereocenters. The number of nitriles is 1. The van der Waals surface area contributed by atoms with Gasteiger partial charge < -0.3 is 0 Å². The predicted octanol–water partition coefficient (Wildman–Crippen LogP) is 2.43. The van der Waals surface area contributed by atoms with Crippen LogP contribution in [0.4, 0.5) is 0 Å². The normalized spacial score (nSPS) is 11.6. The van der Waals surface area contributed by atoms with Gasteiger partial charge >= 0.3 is 0 Å². The van der Waals surface area contributed by atoms with E-state index in [0.717, 1.165) is 24.2 Å². The maximum atomic E-state index is 12.3. The molecule has 4 nitrogen and oxygen atoms in total. The number of hydrogen-bond acceptors (Lipinski definition) is 4. The van der Waals surface area contributed by atoms with E-state index in [9.17, 15) is 8.42 Å². The summed E-state index contributed by atoms with van der Waals surface area (Å²) in [6, 6.07) is 3.44. The molecule has 0 radical (unpaired) electrons. The third-order valence-electron chi connectivity index (χ3n) is 2.29. The van der Waals surface area contributed by atoms with Gasteiger partial charge in [0, 0.05) is 13.1 Å². The van der Waals surface area contributed by atoms with Crippen molar-refractivity contribution in [2.45, 2.75) is 31.6 Å². The van der Waals surface area contributed by atoms with E-state index in [1.807, 2.05) is 19.9 Å². The summed E-state index contributed by atoms with van der Waals surface area (Å²) in [5, 5.41) is 10.5. The Balaban J connectivity index is 3.12. The zero-order chi connectivity index (χ0) is 12.9. The Labute approximate surface area is 107 Å². The van der Waals surface area contributed by atoms with Crippen molar-refractivity contribution in [1.29, 1.82) is 5.26 Å². The lowest BCUT2D eigenvalue weighted by molar-refractivity contribution is 0.410. The van der Waals surface area contributed by atoms with Gasteiger partial charge in [0.05, 0.1) is 0 Å². The Kier molecular flexibility index (Phi) is 5.12. The fraction of sp³-hybridized carbons (Fsp3) is 0.545. The molecule has 0 N–H and O–H groups in total. The van der Waals surface area contributed by atoms with Crippen molar-refractivity contribution in [2.75, 3.05) is 13.1 Å². The molecule has 0 aliphatic heterocycles. The van der Waals surface area contributed by atoms with E-state index in [4.69, 9.17) is 5.26 Å². The maximum absolute atomic E-state index is 12.3. The zero-order valence-corrected chi connectivity index (χ0v) is 11.6. The van der Waals surface area contributed by atoms with Crippen LogP contribution in [0.3, 0.4) is 0 Å². The van der Waals surface area contributed by atoms with Crippen molar-refractivity contribution in [1.82, 2.24) is 4.31 Å². The second-order valence-electron chi connectivity index (χ2n) is 3.63. The summed E-state index contributed by atoms with van der Waals surface area (Å²) in [6.07, 6.45) is 1.54. The first-order valence-electron chi connectivity index (χ1n) is 5.55. The molecule has 1 aromatic heterocycles. The molecule has 0 amide bonds. The van der Waals surface area contributed by atoms with Crippen LogP contribution < -0.4 is 0 Å². The molecule has 1 aromatic rings. The van der Waals surface area contributed by atoms with Gasteiger partial charge in [-0.25, -0.2) is 8.42 Å². The van der Waals surface area contributed by atoms with Crippen LogP contribution in [-0.2, 0) is 10.0 Å². The molecular weight excluding hydrogens is 256 g/mol. The van der Waals surface area contributed by atoms with E-state index in [2.05, 4.69) is 0 Å². The third kappa shape index (κ3) is 3.06. The van der Waals surface area contributed by atoms with Crippen molar-refractivity contribution in [3.8, 4) is 6.07 Å². The molecule has 0 bridgehead atoms. The van der Waals surface area contributed by atoms with E-state index >= 15 is 0 Å². The van der Waals surface area contributed by atoms with Crippen molar-refractivity contribution in [2.24, 2.45) is 0 Å². The average molecular weight is 272 g/mol. The van der Waals surface area contributed by atoms with Gasteiger partial charge in [0.2, 0.25) is 10.0 Å². The summed E-state index contributed by atoms with van der Waals surface area (Å²) in [7, 11) is -3.50. The van der Waals surface area contributed by atoms with Gasteiger partial charge in [-0.1, -0.05) is 13.8 Å². The fourth-order valence-electron chi connectivity index (χ4n) is 1.57. The Hall–Kier alpha value is -0.900. The van der Waals surface area contributed by atoms with E-state index in [-0.39, 0.29) is 9.77 Å². The highest BCUT2D eigenvalue weighted by Crippen LogP contribution is 2.24. The standard InChI is InChI=1S/C11H16N2O2S2/c1-3-6-13(7-4-2)17(14,15)11-5-8-16-10(11)9-12/h5,8H,3-4,6-7H2,1-2H3. The van der Waals surface area contributed by atoms with Crippen LogP contribution in [0.5, 0.6) is 0 Å². The number of hydrogen-bond donors (Lipinski definition) is 0. The molecule has 17 heavy (non-hydrogen) atoms. The molecule has 1 rings (SSSR count). The highest BCUT2D eigenvalue weighted by Gasteiger charge is 2.26. The first-order chi connectivity index (χ1) is 8.07. The molecule has 0 aliphatic rings. The Morgan fingerprint density at radius 1 is 1.35 bits per heavy atom. The SMILES string of the molecule is CCCN(CCC)S(=O)(=O)c1ccsc1C#N. The molecule has 0 aliphatic carbocycles. The molecule has 0 atom stereocenters. The van der Waals surface area contributed by atoms with Crippen LogP contribution in [0, 0.1) is 11.3 Å². The molecule has 0 fully saturated rings. The molecule has 0 spiro atoms. The number of nitrogens with zero attached hydrogens (tertiary/aromatic N) is 2. The maximum Gasteiger partial charge on any atom is 0.245 e. The minimum absolute atomic E-state index is 0.145. The van der Waals surface area contributed by atoms with Crippen molar-refractivity contribution >= 4 is 21.4 Å². The first kappa shape index (κ1) is 14.2. The lowest BCUT2D eigenvalue weighted by atomic mass is 10.4. The predicted molar refractivity (Wildman–Crippen MR) is 68.4 cm³/mol. The lowest BCUT2D eigenvalue weighted by Crippen LogP contribution is -2.32. The minimum Gasteiger partial charge on any atom is -0.207 e. The van der Waals surface area contributed by atoms with Crippen molar-refractivity contribution in [3.63, 3.8) is 0 Å². The smallest absolute Gasteiger partial charge is 0.207 e. The van der Waals surface area contributed by atoms with Crippen LogP contribution in [0.1, 0.15) is 31.6 Å². The summed E-state index contributed by atoms with van der Waals surface area (Å²) in [5.74, 6) is 0. The van der Waals surface area contributed by atoms with E-state index in [1.54, 1.807) is 5.38 Å². The monoisotopic (exact) mass is 272 g/mol. The summed E-state index contributed by atoms with van der Waals surface area (Å²) >= 11 is 1.16. The zero-order valence-electron chi connectivity index (χ0n) is 10.0. The Bertz CT molecular complexity index is 494. The fourth-order valence-corrected chi connectivity index (χ4v) is 4.34. The van der Waals surface area contributed by atoms with E-state index < -0.39 is 10.0 Å². The van der Waals surface area contributed by atoms with Gasteiger partial charge in [0.15, 0.2) is 0 Å². The van der Waals surface area contributed by atoms with Gasteiger partial charge in [0.25, 0.3) is 0 Å². The summed E-state index contributed by atoms with van der Waals surface area (Å²) in [5.41, 5.74) is 0. The van der Waals surface area contributed by atoms with Crippen molar-refractivity contribution < 1.29 is 8.42 Å². The van der Waals surface area contributed by atoms with E-state index in [0.29, 0.717) is 13.1 Å². The minimum atomic E-state index is -3.50. The molecule has 94 valence electrons. The highest BCUT2D eigenvalue weighted by molar-refractivity contribution is 7.89. The largest absolute Gasteiger partial charge is 0.245 e. The van der Waals surface area contributed by atoms with Crippen LogP contribution >= 0.6 is 11.3 Å². The lowest BCUT2D eigenvalue weighted by Gasteiger charge is -2.20. The van der Waals surface area contributed by atoms with Crippen LogP contribution in [-0.4, -0.2) is 25.8 Å². The topological polar surface area (TPSA) is 61.2 Å². The summed E-state index contributed by atoms with van der Waals surface area (Å²) in [6.45, 7) is 4.88. The number of sulfonamides is 1. The average Bonchev–Trinajstić information content (AvgIpc) is 2.77. The first-order valence-corrected chi connectivity index (χ1v) is 7.87. The van der Waals surface area contributed by atoms with Gasteiger partial charge in [-0.05, 0) is 24.3 Å².